The molecule has 0 spiro atoms. The van der Waals surface area contributed by atoms with Gasteiger partial charge >= 0.3 is 0 Å². The second-order valence-corrected chi connectivity index (χ2v) is 10.1. The van der Waals surface area contributed by atoms with Gasteiger partial charge in [0.05, 0.1) is 18.3 Å². The lowest BCUT2D eigenvalue weighted by molar-refractivity contribution is -0.384. The first kappa shape index (κ1) is 25.1. The van der Waals surface area contributed by atoms with Gasteiger partial charge in [0.1, 0.15) is 11.4 Å². The molecule has 9 nitrogen and oxygen atoms in total. The van der Waals surface area contributed by atoms with E-state index in [-0.39, 0.29) is 42.4 Å². The van der Waals surface area contributed by atoms with E-state index in [1.807, 2.05) is 44.2 Å². The first-order valence-corrected chi connectivity index (χ1v) is 11.9. The normalized spacial score (nSPS) is 11.6. The summed E-state index contributed by atoms with van der Waals surface area (Å²) in [7, 11) is -2.41. The standard InChI is InChI=1S/C22H29N3O6S/c1-22(2,16-17-9-6-5-7-10-17)23-21(26)11-8-14-24(32(4,29)30)19-15-18(25(27)28)12-13-20(19)31-3/h5-7,9-10,12-13,15H,8,11,14,16H2,1-4H3,(H,23,26). The van der Waals surface area contributed by atoms with Gasteiger partial charge in [-0.3, -0.25) is 19.2 Å². The number of hydrogen-bond donors (Lipinski definition) is 1. The van der Waals surface area contributed by atoms with Crippen LogP contribution in [-0.2, 0) is 21.2 Å². The Bertz CT molecular complexity index is 1050. The molecule has 0 saturated heterocycles. The third kappa shape index (κ3) is 7.23. The largest absolute Gasteiger partial charge is 0.495 e. The van der Waals surface area contributed by atoms with Crippen LogP contribution in [0.2, 0.25) is 0 Å². The van der Waals surface area contributed by atoms with Gasteiger partial charge in [-0.2, -0.15) is 0 Å². The number of sulfonamides is 1. The van der Waals surface area contributed by atoms with Gasteiger partial charge in [0.25, 0.3) is 5.69 Å². The number of methoxy groups -OCH3 is 1. The van der Waals surface area contributed by atoms with Crippen molar-refractivity contribution >= 4 is 27.3 Å². The van der Waals surface area contributed by atoms with Gasteiger partial charge in [0.15, 0.2) is 0 Å². The highest BCUT2D eigenvalue weighted by Crippen LogP contribution is 2.33. The molecular formula is C22H29N3O6S. The Morgan fingerprint density at radius 3 is 2.41 bits per heavy atom. The van der Waals surface area contributed by atoms with Crippen LogP contribution in [0.1, 0.15) is 32.3 Å². The number of nitrogens with zero attached hydrogens (tertiary/aromatic N) is 2. The topological polar surface area (TPSA) is 119 Å². The van der Waals surface area contributed by atoms with Crippen LogP contribution in [0.3, 0.4) is 0 Å². The average Bonchev–Trinajstić information content (AvgIpc) is 2.69. The molecule has 32 heavy (non-hydrogen) atoms. The monoisotopic (exact) mass is 463 g/mol. The lowest BCUT2D eigenvalue weighted by Crippen LogP contribution is -2.45. The highest BCUT2D eigenvalue weighted by molar-refractivity contribution is 7.92. The second kappa shape index (κ2) is 10.4. The van der Waals surface area contributed by atoms with Crippen LogP contribution < -0.4 is 14.4 Å². The number of carbonyl (C=O) groups is 1. The van der Waals surface area contributed by atoms with Gasteiger partial charge in [-0.15, -0.1) is 0 Å². The molecule has 1 amide bonds. The molecule has 174 valence electrons. The smallest absolute Gasteiger partial charge is 0.271 e. The van der Waals surface area contributed by atoms with E-state index in [2.05, 4.69) is 5.32 Å². The Kier molecular flexibility index (Phi) is 8.20. The maximum atomic E-state index is 12.5. The molecule has 0 aromatic heterocycles. The Labute approximate surface area is 188 Å². The molecule has 0 aliphatic rings. The highest BCUT2D eigenvalue weighted by Gasteiger charge is 2.25. The Morgan fingerprint density at radius 2 is 1.84 bits per heavy atom. The van der Waals surface area contributed by atoms with Gasteiger partial charge in [0, 0.05) is 30.6 Å². The predicted molar refractivity (Wildman–Crippen MR) is 123 cm³/mol. The lowest BCUT2D eigenvalue weighted by Gasteiger charge is -2.27. The second-order valence-electron chi connectivity index (χ2n) is 8.15. The van der Waals surface area contributed by atoms with Crippen molar-refractivity contribution in [1.29, 1.82) is 0 Å². The molecule has 0 fully saturated rings. The van der Waals surface area contributed by atoms with E-state index in [0.29, 0.717) is 6.42 Å². The Hall–Kier alpha value is -3.14. The van der Waals surface area contributed by atoms with Gasteiger partial charge in [0.2, 0.25) is 15.9 Å². The van der Waals surface area contributed by atoms with Crippen LogP contribution in [0.15, 0.2) is 48.5 Å². The van der Waals surface area contributed by atoms with Crippen molar-refractivity contribution in [2.45, 2.75) is 38.6 Å². The number of benzene rings is 2. The molecule has 1 N–H and O–H groups in total. The van der Waals surface area contributed by atoms with Gasteiger partial charge in [-0.1, -0.05) is 30.3 Å². The van der Waals surface area contributed by atoms with E-state index in [0.717, 1.165) is 22.2 Å². The summed E-state index contributed by atoms with van der Waals surface area (Å²) >= 11 is 0. The molecule has 2 aromatic carbocycles. The number of ether oxygens (including phenoxy) is 1. The molecule has 0 aliphatic carbocycles. The fourth-order valence-corrected chi connectivity index (χ4v) is 4.39. The number of non-ortho nitro benzene ring substituents is 1. The number of anilines is 1. The zero-order valence-corrected chi connectivity index (χ0v) is 19.5. The summed E-state index contributed by atoms with van der Waals surface area (Å²) in [6.45, 7) is 3.83. The van der Waals surface area contributed by atoms with Gasteiger partial charge < -0.3 is 10.1 Å². The number of amides is 1. The van der Waals surface area contributed by atoms with Crippen LogP contribution in [0.5, 0.6) is 5.75 Å². The number of carbonyl (C=O) groups excluding carboxylic acids is 1. The van der Waals surface area contributed by atoms with Crippen molar-refractivity contribution in [1.82, 2.24) is 5.32 Å². The number of nitro groups is 1. The summed E-state index contributed by atoms with van der Waals surface area (Å²) in [5.41, 5.74) is 0.431. The third-order valence-electron chi connectivity index (χ3n) is 4.77. The molecule has 0 unspecified atom stereocenters. The molecule has 2 aromatic rings. The minimum absolute atomic E-state index is 0.0249. The number of nitrogens with one attached hydrogen (secondary N) is 1. The summed E-state index contributed by atoms with van der Waals surface area (Å²) in [5.74, 6) is -0.0140. The summed E-state index contributed by atoms with van der Waals surface area (Å²) in [4.78, 5) is 23.0. The first-order valence-electron chi connectivity index (χ1n) is 10.1. The number of rotatable bonds is 11. The minimum Gasteiger partial charge on any atom is -0.495 e. The van der Waals surface area contributed by atoms with Crippen LogP contribution >= 0.6 is 0 Å². The quantitative estimate of drug-likeness (QED) is 0.403. The van der Waals surface area contributed by atoms with Crippen molar-refractivity contribution < 1.29 is 22.9 Å². The van der Waals surface area contributed by atoms with E-state index in [9.17, 15) is 23.3 Å². The fourth-order valence-electron chi connectivity index (χ4n) is 3.43. The fraction of sp³-hybridized carbons (Fsp3) is 0.409. The summed E-state index contributed by atoms with van der Waals surface area (Å²) < 4.78 is 31.0. The molecule has 0 radical (unpaired) electrons. The van der Waals surface area contributed by atoms with E-state index in [1.54, 1.807) is 0 Å². The Balaban J connectivity index is 2.07. The van der Waals surface area contributed by atoms with Crippen LogP contribution in [0, 0.1) is 10.1 Å². The molecule has 0 saturated carbocycles. The number of nitro benzene ring substituents is 1. The predicted octanol–water partition coefficient (Wildman–Crippen LogP) is 3.29. The molecule has 10 heteroatoms. The first-order chi connectivity index (χ1) is 14.9. The average molecular weight is 464 g/mol. The summed E-state index contributed by atoms with van der Waals surface area (Å²) in [6, 6.07) is 13.5. The van der Waals surface area contributed by atoms with E-state index < -0.39 is 20.5 Å². The molecule has 2 rings (SSSR count). The van der Waals surface area contributed by atoms with Crippen LogP contribution in [-0.4, -0.2) is 44.7 Å². The number of hydrogen-bond acceptors (Lipinski definition) is 6. The van der Waals surface area contributed by atoms with Crippen molar-refractivity contribution in [3.05, 3.63) is 64.2 Å². The summed E-state index contributed by atoms with van der Waals surface area (Å²) in [6.07, 6.45) is 1.99. The SMILES string of the molecule is COc1ccc([N+](=O)[O-])cc1N(CCCC(=O)NC(C)(C)Cc1ccccc1)S(C)(=O)=O. The zero-order chi connectivity index (χ0) is 23.9. The van der Waals surface area contributed by atoms with Gasteiger partial charge in [-0.05, 0) is 38.3 Å². The lowest BCUT2D eigenvalue weighted by atomic mass is 9.94. The maximum Gasteiger partial charge on any atom is 0.271 e. The summed E-state index contributed by atoms with van der Waals surface area (Å²) in [5, 5.41) is 14.1. The maximum absolute atomic E-state index is 12.5. The zero-order valence-electron chi connectivity index (χ0n) is 18.7. The van der Waals surface area contributed by atoms with Crippen molar-refractivity contribution in [3.8, 4) is 5.75 Å². The molecular weight excluding hydrogens is 434 g/mol. The minimum atomic E-state index is -3.77. The van der Waals surface area contributed by atoms with Crippen LogP contribution in [0.25, 0.3) is 0 Å². The van der Waals surface area contributed by atoms with Crippen molar-refractivity contribution in [2.75, 3.05) is 24.2 Å². The molecule has 0 bridgehead atoms. The molecule has 0 heterocycles. The van der Waals surface area contributed by atoms with Crippen LogP contribution in [0.4, 0.5) is 11.4 Å². The van der Waals surface area contributed by atoms with Crippen molar-refractivity contribution in [2.24, 2.45) is 0 Å². The third-order valence-corrected chi connectivity index (χ3v) is 5.95. The van der Waals surface area contributed by atoms with Gasteiger partial charge in [-0.25, -0.2) is 8.42 Å². The van der Waals surface area contributed by atoms with E-state index in [1.165, 1.54) is 19.2 Å². The van der Waals surface area contributed by atoms with E-state index >= 15 is 0 Å². The molecule has 0 atom stereocenters. The molecule has 0 aliphatic heterocycles. The highest BCUT2D eigenvalue weighted by atomic mass is 32.2. The van der Waals surface area contributed by atoms with Crippen molar-refractivity contribution in [3.63, 3.8) is 0 Å². The Morgan fingerprint density at radius 1 is 1.19 bits per heavy atom. The van der Waals surface area contributed by atoms with E-state index in [4.69, 9.17) is 4.74 Å².